The van der Waals surface area contributed by atoms with Crippen molar-refractivity contribution in [2.45, 2.75) is 74.0 Å². The molecule has 3 rings (SSSR count). The zero-order chi connectivity index (χ0) is 25.7. The molecule has 0 aliphatic heterocycles. The van der Waals surface area contributed by atoms with Crippen LogP contribution in [0.1, 0.15) is 51.9 Å². The number of benzene rings is 2. The SMILES string of the molecule is CCc1c(Br)c(COCCC(F)(F)CCS(c2ccccc2)(c2ccccc2)C(C)(C)C)nn1C. The molecular weight excluding hydrogens is 530 g/mol. The lowest BCUT2D eigenvalue weighted by Gasteiger charge is -2.52. The molecule has 0 saturated carbocycles. The van der Waals surface area contributed by atoms with E-state index in [-0.39, 0.29) is 30.8 Å². The highest BCUT2D eigenvalue weighted by atomic mass is 79.9. The van der Waals surface area contributed by atoms with E-state index in [1.54, 1.807) is 4.68 Å². The van der Waals surface area contributed by atoms with E-state index in [1.807, 2.05) is 43.4 Å². The standard InChI is InChI=1S/C28H37BrF2N2OS/c1-6-25-26(29)24(32-33(25)5)21-34-19-17-28(30,31)18-20-35(27(2,3)4,22-13-9-7-10-14-22)23-15-11-8-12-16-23/h7-16H,6,17-21H2,1-5H3. The van der Waals surface area contributed by atoms with Gasteiger partial charge < -0.3 is 4.74 Å². The summed E-state index contributed by atoms with van der Waals surface area (Å²) in [5.74, 6) is -2.40. The number of nitrogens with zero attached hydrogens (tertiary/aromatic N) is 2. The van der Waals surface area contributed by atoms with Crippen molar-refractivity contribution in [3.05, 3.63) is 76.5 Å². The van der Waals surface area contributed by atoms with Crippen molar-refractivity contribution < 1.29 is 13.5 Å². The maximum atomic E-state index is 15.2. The molecule has 0 bridgehead atoms. The highest BCUT2D eigenvalue weighted by molar-refractivity contribution is 9.10. The van der Waals surface area contributed by atoms with Gasteiger partial charge in [0.2, 0.25) is 0 Å². The monoisotopic (exact) mass is 566 g/mol. The van der Waals surface area contributed by atoms with Gasteiger partial charge in [-0.15, -0.1) is 0 Å². The lowest BCUT2D eigenvalue weighted by Crippen LogP contribution is -2.31. The van der Waals surface area contributed by atoms with Crippen LogP contribution in [-0.2, 0) is 24.8 Å². The Labute approximate surface area is 218 Å². The smallest absolute Gasteiger partial charge is 0.251 e. The quantitative estimate of drug-likeness (QED) is 0.218. The molecule has 0 aliphatic carbocycles. The van der Waals surface area contributed by atoms with Crippen molar-refractivity contribution in [1.82, 2.24) is 9.78 Å². The van der Waals surface area contributed by atoms with E-state index in [1.165, 1.54) is 0 Å². The van der Waals surface area contributed by atoms with Gasteiger partial charge in [0.1, 0.15) is 5.69 Å². The minimum absolute atomic E-state index is 0.00794. The molecular formula is C28H37BrF2N2OS. The fourth-order valence-electron chi connectivity index (χ4n) is 4.58. The first-order valence-corrected chi connectivity index (χ1v) is 14.7. The average Bonchev–Trinajstić information content (AvgIpc) is 3.09. The summed E-state index contributed by atoms with van der Waals surface area (Å²) in [5, 5.41) is 4.44. The number of aromatic nitrogens is 2. The Kier molecular flexibility index (Phi) is 9.22. The Balaban J connectivity index is 1.73. The lowest BCUT2D eigenvalue weighted by atomic mass is 10.2. The Morgan fingerprint density at radius 1 is 0.943 bits per heavy atom. The summed E-state index contributed by atoms with van der Waals surface area (Å²) in [5.41, 5.74) is 1.81. The Hall–Kier alpha value is -1.70. The topological polar surface area (TPSA) is 27.1 Å². The number of hydrogen-bond acceptors (Lipinski definition) is 2. The summed E-state index contributed by atoms with van der Waals surface area (Å²) in [7, 11) is 0.152. The fraction of sp³-hybridized carbons (Fsp3) is 0.464. The normalized spacial score (nSPS) is 13.3. The molecule has 0 aliphatic rings. The van der Waals surface area contributed by atoms with Gasteiger partial charge in [-0.1, -0.05) is 64.1 Å². The molecule has 0 amide bonds. The number of aryl methyl sites for hydroxylation is 1. The molecule has 7 heteroatoms. The van der Waals surface area contributed by atoms with Gasteiger partial charge in [-0.2, -0.15) is 15.1 Å². The largest absolute Gasteiger partial charge is 0.375 e. The van der Waals surface area contributed by atoms with E-state index >= 15 is 8.78 Å². The first kappa shape index (κ1) is 27.9. The summed E-state index contributed by atoms with van der Waals surface area (Å²) in [6.07, 6.45) is 0.351. The number of hydrogen-bond donors (Lipinski definition) is 0. The van der Waals surface area contributed by atoms with Gasteiger partial charge in [0.05, 0.1) is 23.4 Å². The van der Waals surface area contributed by atoms with Crippen molar-refractivity contribution in [2.24, 2.45) is 7.05 Å². The van der Waals surface area contributed by atoms with Crippen LogP contribution in [0.2, 0.25) is 0 Å². The Morgan fingerprint density at radius 3 is 1.94 bits per heavy atom. The van der Waals surface area contributed by atoms with Gasteiger partial charge in [0.25, 0.3) is 5.92 Å². The molecule has 0 fully saturated rings. The van der Waals surface area contributed by atoms with Crippen LogP contribution in [0, 0.1) is 0 Å². The van der Waals surface area contributed by atoms with Crippen LogP contribution >= 0.6 is 26.0 Å². The maximum absolute atomic E-state index is 15.2. The highest BCUT2D eigenvalue weighted by Gasteiger charge is 2.42. The second-order valence-electron chi connectivity index (χ2n) is 9.77. The molecule has 192 valence electrons. The summed E-state index contributed by atoms with van der Waals surface area (Å²) < 4.78 is 38.6. The molecule has 0 radical (unpaired) electrons. The van der Waals surface area contributed by atoms with Crippen LogP contribution in [0.15, 0.2) is 74.9 Å². The third-order valence-corrected chi connectivity index (χ3v) is 12.4. The molecule has 3 aromatic rings. The van der Waals surface area contributed by atoms with Crippen molar-refractivity contribution in [3.63, 3.8) is 0 Å². The summed E-state index contributed by atoms with van der Waals surface area (Å²) >= 11 is 3.55. The average molecular weight is 568 g/mol. The van der Waals surface area contributed by atoms with E-state index in [0.29, 0.717) is 5.75 Å². The second-order valence-corrected chi connectivity index (χ2v) is 14.6. The summed E-state index contributed by atoms with van der Waals surface area (Å²) in [6.45, 7) is 8.80. The summed E-state index contributed by atoms with van der Waals surface area (Å²) in [6, 6.07) is 20.4. The van der Waals surface area contributed by atoms with E-state index in [2.05, 4.69) is 73.0 Å². The molecule has 0 unspecified atom stereocenters. The molecule has 2 aromatic carbocycles. The molecule has 0 N–H and O–H groups in total. The third kappa shape index (κ3) is 6.36. The molecule has 3 nitrogen and oxygen atoms in total. The van der Waals surface area contributed by atoms with Crippen molar-refractivity contribution >= 4 is 26.0 Å². The minimum atomic E-state index is -2.82. The van der Waals surface area contributed by atoms with E-state index < -0.39 is 16.0 Å². The minimum Gasteiger partial charge on any atom is -0.375 e. The van der Waals surface area contributed by atoms with Gasteiger partial charge in [-0.05, 0) is 66.9 Å². The summed E-state index contributed by atoms with van der Waals surface area (Å²) in [4.78, 5) is 2.30. The second kappa shape index (κ2) is 11.6. The first-order valence-electron chi connectivity index (χ1n) is 12.1. The van der Waals surface area contributed by atoms with Gasteiger partial charge in [-0.25, -0.2) is 8.78 Å². The van der Waals surface area contributed by atoms with Gasteiger partial charge in [-0.3, -0.25) is 4.68 Å². The molecule has 0 spiro atoms. The van der Waals surface area contributed by atoms with Gasteiger partial charge in [0.15, 0.2) is 0 Å². The van der Waals surface area contributed by atoms with Crippen LogP contribution in [0.4, 0.5) is 8.78 Å². The van der Waals surface area contributed by atoms with Crippen LogP contribution in [0.3, 0.4) is 0 Å². The number of alkyl halides is 2. The first-order chi connectivity index (χ1) is 16.5. The van der Waals surface area contributed by atoms with Crippen molar-refractivity contribution in [3.8, 4) is 0 Å². The number of ether oxygens (including phenoxy) is 1. The number of halogens is 3. The zero-order valence-electron chi connectivity index (χ0n) is 21.4. The van der Waals surface area contributed by atoms with E-state index in [4.69, 9.17) is 4.74 Å². The molecule has 0 atom stereocenters. The predicted octanol–water partition coefficient (Wildman–Crippen LogP) is 8.40. The van der Waals surface area contributed by atoms with Crippen LogP contribution in [0.5, 0.6) is 0 Å². The molecule has 35 heavy (non-hydrogen) atoms. The third-order valence-electron chi connectivity index (χ3n) is 6.46. The predicted molar refractivity (Wildman–Crippen MR) is 146 cm³/mol. The van der Waals surface area contributed by atoms with E-state index in [9.17, 15) is 0 Å². The van der Waals surface area contributed by atoms with Crippen LogP contribution in [-0.4, -0.2) is 32.8 Å². The van der Waals surface area contributed by atoms with Crippen molar-refractivity contribution in [1.29, 1.82) is 0 Å². The number of rotatable bonds is 11. The molecule has 1 aromatic heterocycles. The lowest BCUT2D eigenvalue weighted by molar-refractivity contribution is -0.0378. The van der Waals surface area contributed by atoms with Crippen molar-refractivity contribution in [2.75, 3.05) is 12.4 Å². The molecule has 1 heterocycles. The maximum Gasteiger partial charge on any atom is 0.251 e. The van der Waals surface area contributed by atoms with Crippen LogP contribution in [0.25, 0.3) is 0 Å². The Bertz CT molecular complexity index is 1040. The Morgan fingerprint density at radius 2 is 1.49 bits per heavy atom. The highest BCUT2D eigenvalue weighted by Crippen LogP contribution is 2.71. The van der Waals surface area contributed by atoms with Gasteiger partial charge in [0, 0.05) is 19.9 Å². The molecule has 0 saturated heterocycles. The van der Waals surface area contributed by atoms with Gasteiger partial charge >= 0.3 is 0 Å². The fourth-order valence-corrected chi connectivity index (χ4v) is 9.93. The van der Waals surface area contributed by atoms with Crippen LogP contribution < -0.4 is 0 Å². The zero-order valence-corrected chi connectivity index (χ0v) is 23.8. The van der Waals surface area contributed by atoms with E-state index in [0.717, 1.165) is 32.1 Å².